The fourth-order valence-electron chi connectivity index (χ4n) is 9.99. The maximum atomic E-state index is 6.91. The van der Waals surface area contributed by atoms with Crippen molar-refractivity contribution in [3.63, 3.8) is 0 Å². The molecule has 0 atom stereocenters. The molecule has 0 spiro atoms. The maximum Gasteiger partial charge on any atom is 0.238 e. The zero-order valence-electron chi connectivity index (χ0n) is 34.1. The van der Waals surface area contributed by atoms with Gasteiger partial charge in [0.1, 0.15) is 5.58 Å². The van der Waals surface area contributed by atoms with Crippen molar-refractivity contribution in [3.05, 3.63) is 200 Å². The first-order chi connectivity index (χ1) is 31.7. The van der Waals surface area contributed by atoms with Crippen molar-refractivity contribution < 1.29 is 4.42 Å². The number of rotatable bonds is 5. The van der Waals surface area contributed by atoms with E-state index in [0.717, 1.165) is 98.9 Å². The summed E-state index contributed by atoms with van der Waals surface area (Å²) in [6.07, 6.45) is 0. The lowest BCUT2D eigenvalue weighted by Gasteiger charge is -2.15. The van der Waals surface area contributed by atoms with Crippen molar-refractivity contribution in [2.24, 2.45) is 0 Å². The Labute approximate surface area is 369 Å². The van der Waals surface area contributed by atoms with E-state index in [2.05, 4.69) is 185 Å². The molecule has 0 aliphatic carbocycles. The van der Waals surface area contributed by atoms with E-state index in [0.29, 0.717) is 17.6 Å². The summed E-state index contributed by atoms with van der Waals surface area (Å²) in [6, 6.07) is 70.7. The van der Waals surface area contributed by atoms with E-state index < -0.39 is 0 Å². The predicted octanol–water partition coefficient (Wildman–Crippen LogP) is 15.3. The summed E-state index contributed by atoms with van der Waals surface area (Å²) in [6.45, 7) is 0. The summed E-state index contributed by atoms with van der Waals surface area (Å²) < 4.78 is 14.0. The normalized spacial score (nSPS) is 12.1. The fourth-order valence-corrected chi connectivity index (χ4v) is 11.1. The van der Waals surface area contributed by atoms with Gasteiger partial charge in [-0.25, -0.2) is 4.98 Å². The second-order valence-electron chi connectivity index (χ2n) is 16.3. The molecule has 64 heavy (non-hydrogen) atoms. The number of hydrogen-bond donors (Lipinski definition) is 0. The Bertz CT molecular complexity index is 4200. The summed E-state index contributed by atoms with van der Waals surface area (Å²) in [5.41, 5.74) is 10.9. The van der Waals surface area contributed by atoms with Gasteiger partial charge in [0, 0.05) is 63.6 Å². The summed E-state index contributed by atoms with van der Waals surface area (Å²) in [7, 11) is 0. The lowest BCUT2D eigenvalue weighted by Crippen LogP contribution is -2.07. The molecular formula is C57H33N5OS. The van der Waals surface area contributed by atoms with Crippen molar-refractivity contribution in [1.82, 2.24) is 24.1 Å². The summed E-state index contributed by atoms with van der Waals surface area (Å²) >= 11 is 1.79. The number of fused-ring (bicyclic) bond motifs is 13. The molecule has 0 aliphatic heterocycles. The number of thiophene rings is 1. The number of nitrogens with zero attached hydrogens (tertiary/aromatic N) is 5. The molecule has 298 valence electrons. The SMILES string of the molecule is c1ccc(-c2cc(-n3c4ccccc4c4ccc5c6ccccc6n(-c6nc(-c7ccccc7)nc(-c7cccc8sc9ccccc9c78)n6)c5c43)c3oc4ccccc4c3c2)cc1. The van der Waals surface area contributed by atoms with Gasteiger partial charge in [-0.3, -0.25) is 4.57 Å². The van der Waals surface area contributed by atoms with Crippen LogP contribution in [-0.2, 0) is 0 Å². The molecule has 0 aliphatic rings. The molecule has 0 bridgehead atoms. The summed E-state index contributed by atoms with van der Waals surface area (Å²) in [4.78, 5) is 16.2. The maximum absolute atomic E-state index is 6.91. The Hall–Kier alpha value is -8.39. The third-order valence-corrected chi connectivity index (χ3v) is 13.9. The quantitative estimate of drug-likeness (QED) is 0.173. The third kappa shape index (κ3) is 5.10. The van der Waals surface area contributed by atoms with Crippen LogP contribution in [0.15, 0.2) is 205 Å². The number of benzene rings is 9. The van der Waals surface area contributed by atoms with E-state index in [9.17, 15) is 0 Å². The van der Waals surface area contributed by atoms with Gasteiger partial charge >= 0.3 is 0 Å². The highest BCUT2D eigenvalue weighted by Crippen LogP contribution is 2.45. The smallest absolute Gasteiger partial charge is 0.238 e. The van der Waals surface area contributed by atoms with Crippen molar-refractivity contribution in [2.45, 2.75) is 0 Å². The molecule has 0 radical (unpaired) electrons. The molecule has 6 nitrogen and oxygen atoms in total. The minimum Gasteiger partial charge on any atom is -0.454 e. The largest absolute Gasteiger partial charge is 0.454 e. The van der Waals surface area contributed by atoms with Crippen LogP contribution in [0.25, 0.3) is 131 Å². The van der Waals surface area contributed by atoms with Gasteiger partial charge in [0.25, 0.3) is 0 Å². The van der Waals surface area contributed by atoms with Crippen LogP contribution < -0.4 is 0 Å². The first-order valence-electron chi connectivity index (χ1n) is 21.4. The Morgan fingerprint density at radius 2 is 0.984 bits per heavy atom. The first kappa shape index (κ1) is 35.2. The molecule has 0 saturated carbocycles. The number of para-hydroxylation sites is 3. The number of aromatic nitrogens is 5. The monoisotopic (exact) mass is 835 g/mol. The molecular weight excluding hydrogens is 803 g/mol. The summed E-state index contributed by atoms with van der Waals surface area (Å²) in [5.74, 6) is 1.77. The van der Waals surface area contributed by atoms with E-state index in [1.54, 1.807) is 11.3 Å². The molecule has 5 heterocycles. The second kappa shape index (κ2) is 13.6. The first-order valence-corrected chi connectivity index (χ1v) is 22.3. The standard InChI is InChI=1S/C57H33N5OS/c1-3-16-34(17-4-1)36-32-44-39-22-9-13-27-48(39)63-54(44)47(33-36)61-45-25-11-7-20-37(45)40-30-31-41-38-21-8-12-26-46(38)62(53(41)52(40)61)57-59-55(35-18-5-2-6-19-35)58-56(60-57)43-24-15-29-50-51(43)42-23-10-14-28-49(42)64-50/h1-33H. The van der Waals surface area contributed by atoms with Gasteiger partial charge in [-0.2, -0.15) is 9.97 Å². The van der Waals surface area contributed by atoms with Crippen molar-refractivity contribution >= 4 is 97.1 Å². The van der Waals surface area contributed by atoms with Crippen molar-refractivity contribution in [1.29, 1.82) is 0 Å². The predicted molar refractivity (Wildman–Crippen MR) is 265 cm³/mol. The van der Waals surface area contributed by atoms with Crippen LogP contribution in [0.5, 0.6) is 0 Å². The minimum absolute atomic E-state index is 0.544. The van der Waals surface area contributed by atoms with E-state index in [1.165, 1.54) is 14.8 Å². The van der Waals surface area contributed by atoms with Gasteiger partial charge in [0.2, 0.25) is 5.95 Å². The average molecular weight is 836 g/mol. The molecule has 0 amide bonds. The lowest BCUT2D eigenvalue weighted by molar-refractivity contribution is 0.666. The Morgan fingerprint density at radius 3 is 1.75 bits per heavy atom. The molecule has 0 N–H and O–H groups in total. The van der Waals surface area contributed by atoms with Gasteiger partial charge in [-0.1, -0.05) is 158 Å². The lowest BCUT2D eigenvalue weighted by atomic mass is 10.0. The van der Waals surface area contributed by atoms with Crippen molar-refractivity contribution in [3.8, 4) is 45.5 Å². The van der Waals surface area contributed by atoms with E-state index in [1.807, 2.05) is 24.3 Å². The van der Waals surface area contributed by atoms with Gasteiger partial charge in [-0.05, 0) is 53.6 Å². The van der Waals surface area contributed by atoms with Gasteiger partial charge in [0.15, 0.2) is 17.2 Å². The Morgan fingerprint density at radius 1 is 0.391 bits per heavy atom. The molecule has 7 heteroatoms. The Kier molecular flexibility index (Phi) is 7.46. The molecule has 0 saturated heterocycles. The van der Waals surface area contributed by atoms with Gasteiger partial charge in [-0.15, -0.1) is 11.3 Å². The van der Waals surface area contributed by atoms with E-state index >= 15 is 0 Å². The highest BCUT2D eigenvalue weighted by molar-refractivity contribution is 7.25. The molecule has 14 rings (SSSR count). The zero-order chi connectivity index (χ0) is 41.9. The Balaban J connectivity index is 1.15. The van der Waals surface area contributed by atoms with Gasteiger partial charge in [0.05, 0.1) is 27.8 Å². The van der Waals surface area contributed by atoms with Crippen LogP contribution in [0.4, 0.5) is 0 Å². The van der Waals surface area contributed by atoms with Crippen LogP contribution in [0.1, 0.15) is 0 Å². The molecule has 0 fully saturated rings. The van der Waals surface area contributed by atoms with E-state index in [4.69, 9.17) is 19.4 Å². The van der Waals surface area contributed by atoms with Crippen LogP contribution in [0.2, 0.25) is 0 Å². The summed E-state index contributed by atoms with van der Waals surface area (Å²) in [5, 5.41) is 8.96. The fraction of sp³-hybridized carbons (Fsp3) is 0. The second-order valence-corrected chi connectivity index (χ2v) is 17.4. The van der Waals surface area contributed by atoms with Crippen molar-refractivity contribution in [2.75, 3.05) is 0 Å². The zero-order valence-corrected chi connectivity index (χ0v) is 34.9. The number of furan rings is 1. The third-order valence-electron chi connectivity index (χ3n) is 12.8. The van der Waals surface area contributed by atoms with Gasteiger partial charge < -0.3 is 8.98 Å². The highest BCUT2D eigenvalue weighted by Gasteiger charge is 2.26. The van der Waals surface area contributed by atoms with Crippen LogP contribution in [0.3, 0.4) is 0 Å². The van der Waals surface area contributed by atoms with Crippen LogP contribution in [0, 0.1) is 0 Å². The average Bonchev–Trinajstić information content (AvgIpc) is 4.12. The molecule has 14 aromatic rings. The van der Waals surface area contributed by atoms with Crippen LogP contribution >= 0.6 is 11.3 Å². The van der Waals surface area contributed by atoms with E-state index in [-0.39, 0.29) is 0 Å². The molecule has 0 unspecified atom stereocenters. The highest BCUT2D eigenvalue weighted by atomic mass is 32.1. The molecule has 9 aromatic carbocycles. The minimum atomic E-state index is 0.544. The molecule has 5 aromatic heterocycles. The van der Waals surface area contributed by atoms with Crippen LogP contribution in [-0.4, -0.2) is 24.1 Å². The topological polar surface area (TPSA) is 61.7 Å². The number of hydrogen-bond acceptors (Lipinski definition) is 5.